The number of rotatable bonds is 6. The lowest BCUT2D eigenvalue weighted by Gasteiger charge is -2.43. The molecule has 2 aromatic rings. The zero-order chi connectivity index (χ0) is 18.6. The number of hydrogen-bond donors (Lipinski definition) is 1. The summed E-state index contributed by atoms with van der Waals surface area (Å²) >= 11 is 1.67. The van der Waals surface area contributed by atoms with Gasteiger partial charge in [-0.3, -0.25) is 9.80 Å². The molecule has 0 amide bonds. The van der Waals surface area contributed by atoms with E-state index in [-0.39, 0.29) is 6.10 Å². The van der Waals surface area contributed by atoms with Crippen LogP contribution < -0.4 is 0 Å². The quantitative estimate of drug-likeness (QED) is 0.610. The molecule has 27 heavy (non-hydrogen) atoms. The Balaban J connectivity index is 1.49. The number of hydrogen-bond acceptors (Lipinski definition) is 6. The highest BCUT2D eigenvalue weighted by Crippen LogP contribution is 2.27. The first-order valence-electron chi connectivity index (χ1n) is 9.85. The summed E-state index contributed by atoms with van der Waals surface area (Å²) in [5, 5.41) is 11.0. The van der Waals surface area contributed by atoms with Crippen molar-refractivity contribution in [1.82, 2.24) is 19.8 Å². The zero-order valence-electron chi connectivity index (χ0n) is 15.9. The lowest BCUT2D eigenvalue weighted by atomic mass is 9.99. The van der Waals surface area contributed by atoms with Gasteiger partial charge < -0.3 is 5.11 Å². The Morgan fingerprint density at radius 1 is 1.07 bits per heavy atom. The summed E-state index contributed by atoms with van der Waals surface area (Å²) in [6.45, 7) is 5.82. The summed E-state index contributed by atoms with van der Waals surface area (Å²) in [7, 11) is 0. The summed E-state index contributed by atoms with van der Waals surface area (Å²) in [5.74, 6) is 0.991. The van der Waals surface area contributed by atoms with Crippen LogP contribution in [0, 0.1) is 0 Å². The third kappa shape index (κ3) is 4.69. The van der Waals surface area contributed by atoms with E-state index in [9.17, 15) is 5.11 Å². The van der Waals surface area contributed by atoms with Crippen molar-refractivity contribution in [2.45, 2.75) is 49.7 Å². The van der Waals surface area contributed by atoms with Crippen molar-refractivity contribution in [3.8, 4) is 0 Å². The van der Waals surface area contributed by atoms with E-state index in [0.29, 0.717) is 12.1 Å². The van der Waals surface area contributed by atoms with E-state index in [2.05, 4.69) is 57.0 Å². The number of nitrogens with zero attached hydrogens (tertiary/aromatic N) is 4. The maximum absolute atomic E-state index is 10.1. The average Bonchev–Trinajstić information content (AvgIpc) is 3.03. The Kier molecular flexibility index (Phi) is 6.08. The number of aliphatic hydroxyl groups is 1. The Morgan fingerprint density at radius 2 is 1.85 bits per heavy atom. The predicted octanol–water partition coefficient (Wildman–Crippen LogP) is 2.45. The van der Waals surface area contributed by atoms with Crippen LogP contribution in [0.2, 0.25) is 0 Å². The van der Waals surface area contributed by atoms with Crippen LogP contribution >= 0.6 is 11.8 Å². The lowest BCUT2D eigenvalue weighted by Crippen LogP contribution is -2.56. The molecule has 2 aliphatic heterocycles. The van der Waals surface area contributed by atoms with Gasteiger partial charge in [0.15, 0.2) is 5.16 Å². The van der Waals surface area contributed by atoms with Crippen LogP contribution in [-0.4, -0.2) is 68.4 Å². The lowest BCUT2D eigenvalue weighted by molar-refractivity contribution is 0.0443. The fourth-order valence-electron chi connectivity index (χ4n) is 4.31. The van der Waals surface area contributed by atoms with Gasteiger partial charge in [0.05, 0.1) is 6.10 Å². The molecule has 2 fully saturated rings. The first-order valence-corrected chi connectivity index (χ1v) is 10.8. The van der Waals surface area contributed by atoms with Crippen molar-refractivity contribution in [2.24, 2.45) is 0 Å². The Labute approximate surface area is 165 Å². The second-order valence-corrected chi connectivity index (χ2v) is 8.81. The Morgan fingerprint density at radius 3 is 2.59 bits per heavy atom. The summed E-state index contributed by atoms with van der Waals surface area (Å²) in [5.41, 5.74) is 2.54. The first kappa shape index (κ1) is 18.9. The number of fused-ring (bicyclic) bond motifs is 1. The van der Waals surface area contributed by atoms with Crippen LogP contribution in [0.4, 0.5) is 0 Å². The highest BCUT2D eigenvalue weighted by atomic mass is 32.2. The molecule has 5 nitrogen and oxygen atoms in total. The van der Waals surface area contributed by atoms with Gasteiger partial charge in [0, 0.05) is 56.2 Å². The molecular weight excluding hydrogens is 356 g/mol. The van der Waals surface area contributed by atoms with Crippen LogP contribution in [0.5, 0.6) is 0 Å². The number of aromatic nitrogens is 2. The molecule has 0 unspecified atom stereocenters. The average molecular weight is 385 g/mol. The number of piperazine rings is 1. The maximum Gasteiger partial charge on any atom is 0.187 e. The van der Waals surface area contributed by atoms with Crippen LogP contribution in [-0.2, 0) is 13.0 Å². The molecule has 2 aliphatic rings. The number of benzene rings is 1. The van der Waals surface area contributed by atoms with Gasteiger partial charge in [0.2, 0.25) is 0 Å². The van der Waals surface area contributed by atoms with E-state index >= 15 is 0 Å². The van der Waals surface area contributed by atoms with Gasteiger partial charge in [0.1, 0.15) is 0 Å². The van der Waals surface area contributed by atoms with Crippen molar-refractivity contribution in [2.75, 3.05) is 25.4 Å². The molecule has 0 saturated carbocycles. The number of aliphatic hydroxyl groups excluding tert-OH is 1. The second-order valence-electron chi connectivity index (χ2n) is 7.58. The predicted molar refractivity (Wildman–Crippen MR) is 109 cm³/mol. The molecule has 3 heterocycles. The van der Waals surface area contributed by atoms with Gasteiger partial charge in [-0.15, -0.1) is 0 Å². The first-order chi connectivity index (χ1) is 13.2. The van der Waals surface area contributed by atoms with Crippen molar-refractivity contribution >= 4 is 11.8 Å². The Hall–Kier alpha value is -1.47. The third-order valence-electron chi connectivity index (χ3n) is 5.57. The molecule has 2 saturated heterocycles. The molecule has 3 atom stereocenters. The van der Waals surface area contributed by atoms with Crippen molar-refractivity contribution < 1.29 is 5.11 Å². The Bertz CT molecular complexity index is 727. The van der Waals surface area contributed by atoms with Crippen LogP contribution in [0.15, 0.2) is 47.9 Å². The molecule has 1 aromatic heterocycles. The van der Waals surface area contributed by atoms with E-state index in [1.165, 1.54) is 11.1 Å². The summed E-state index contributed by atoms with van der Waals surface area (Å²) < 4.78 is 0. The monoisotopic (exact) mass is 384 g/mol. The van der Waals surface area contributed by atoms with Crippen molar-refractivity contribution in [1.29, 1.82) is 0 Å². The van der Waals surface area contributed by atoms with Crippen LogP contribution in [0.25, 0.3) is 0 Å². The molecule has 0 radical (unpaired) electrons. The SMILES string of the molecule is CCSc1ncc(CN2C[C@@H]3C[C@@H](O)CN3C[C@H]2Cc2ccccc2)cn1. The van der Waals surface area contributed by atoms with E-state index in [0.717, 1.165) is 49.9 Å². The second kappa shape index (κ2) is 8.69. The summed E-state index contributed by atoms with van der Waals surface area (Å²) in [6, 6.07) is 11.6. The molecule has 0 bridgehead atoms. The molecular formula is C21H28N4OS. The van der Waals surface area contributed by atoms with Gasteiger partial charge in [-0.25, -0.2) is 9.97 Å². The standard InChI is InChI=1S/C21H28N4OS/c1-2-27-21-22-10-17(11-23-21)12-24-14-19-9-20(26)15-25(19)13-18(24)8-16-6-4-3-5-7-16/h3-7,10-11,18-20,26H,2,8-9,12-15H2,1H3/t18-,19+,20-/m1/s1. The highest BCUT2D eigenvalue weighted by molar-refractivity contribution is 7.99. The van der Waals surface area contributed by atoms with E-state index in [1.54, 1.807) is 11.8 Å². The van der Waals surface area contributed by atoms with Crippen molar-refractivity contribution in [3.05, 3.63) is 53.9 Å². The molecule has 1 aromatic carbocycles. The van der Waals surface area contributed by atoms with E-state index in [1.807, 2.05) is 12.4 Å². The molecule has 144 valence electrons. The normalized spacial score (nSPS) is 26.2. The zero-order valence-corrected chi connectivity index (χ0v) is 16.7. The third-order valence-corrected chi connectivity index (χ3v) is 6.33. The smallest absolute Gasteiger partial charge is 0.187 e. The minimum absolute atomic E-state index is 0.180. The van der Waals surface area contributed by atoms with Gasteiger partial charge in [0.25, 0.3) is 0 Å². The fourth-order valence-corrected chi connectivity index (χ4v) is 4.83. The maximum atomic E-state index is 10.1. The van der Waals surface area contributed by atoms with Gasteiger partial charge in [-0.1, -0.05) is 49.0 Å². The van der Waals surface area contributed by atoms with E-state index in [4.69, 9.17) is 0 Å². The van der Waals surface area contributed by atoms with Gasteiger partial charge in [-0.05, 0) is 24.2 Å². The fraction of sp³-hybridized carbons (Fsp3) is 0.524. The topological polar surface area (TPSA) is 52.5 Å². The highest BCUT2D eigenvalue weighted by Gasteiger charge is 2.39. The minimum atomic E-state index is -0.180. The molecule has 4 rings (SSSR count). The van der Waals surface area contributed by atoms with Crippen LogP contribution in [0.3, 0.4) is 0 Å². The van der Waals surface area contributed by atoms with Gasteiger partial charge in [-0.2, -0.15) is 0 Å². The number of thioether (sulfide) groups is 1. The van der Waals surface area contributed by atoms with Crippen LogP contribution in [0.1, 0.15) is 24.5 Å². The molecule has 6 heteroatoms. The largest absolute Gasteiger partial charge is 0.392 e. The summed E-state index contributed by atoms with van der Waals surface area (Å²) in [6.07, 6.45) is 5.68. The molecule has 0 spiro atoms. The molecule has 0 aliphatic carbocycles. The van der Waals surface area contributed by atoms with Gasteiger partial charge >= 0.3 is 0 Å². The van der Waals surface area contributed by atoms with Crippen molar-refractivity contribution in [3.63, 3.8) is 0 Å². The minimum Gasteiger partial charge on any atom is -0.392 e. The van der Waals surface area contributed by atoms with E-state index < -0.39 is 0 Å². The summed E-state index contributed by atoms with van der Waals surface area (Å²) in [4.78, 5) is 14.0. The molecule has 1 N–H and O–H groups in total.